The maximum atomic E-state index is 13.9. The molecule has 0 saturated heterocycles. The van der Waals surface area contributed by atoms with Gasteiger partial charge in [-0.25, -0.2) is 4.79 Å². The molecule has 2 aliphatic rings. The van der Waals surface area contributed by atoms with Crippen molar-refractivity contribution in [3.8, 4) is 5.75 Å². The van der Waals surface area contributed by atoms with Crippen molar-refractivity contribution in [2.45, 2.75) is 64.7 Å². The summed E-state index contributed by atoms with van der Waals surface area (Å²) < 4.78 is 24.9. The summed E-state index contributed by atoms with van der Waals surface area (Å²) in [7, 11) is 5.84. The second-order valence-corrected chi connectivity index (χ2v) is 12.9. The molecule has 0 N–H and O–H groups in total. The second kappa shape index (κ2) is 17.3. The molecule has 0 bridgehead atoms. The van der Waals surface area contributed by atoms with Crippen molar-refractivity contribution < 1.29 is 28.5 Å². The Morgan fingerprint density at radius 3 is 2.17 bits per heavy atom. The summed E-state index contributed by atoms with van der Waals surface area (Å²) in [6.07, 6.45) is 2.48. The fourth-order valence-electron chi connectivity index (χ4n) is 5.93. The van der Waals surface area contributed by atoms with Gasteiger partial charge >= 0.3 is 6.09 Å². The molecule has 0 fully saturated rings. The number of ether oxygens (including phenoxy) is 4. The van der Waals surface area contributed by atoms with E-state index >= 15 is 0 Å². The number of benzene rings is 3. The van der Waals surface area contributed by atoms with Gasteiger partial charge in [0.15, 0.2) is 0 Å². The number of hydrogen-bond donors (Lipinski definition) is 0. The minimum absolute atomic E-state index is 0.0630. The average Bonchev–Trinajstić information content (AvgIpc) is 3.53. The summed E-state index contributed by atoms with van der Waals surface area (Å²) in [4.78, 5) is 33.1. The van der Waals surface area contributed by atoms with Gasteiger partial charge in [-0.3, -0.25) is 9.69 Å². The first kappa shape index (κ1) is 35.1. The summed E-state index contributed by atoms with van der Waals surface area (Å²) in [5.74, 6) is 0.436. The maximum Gasteiger partial charge on any atom is 0.415 e. The molecule has 1 aliphatic carbocycles. The van der Waals surface area contributed by atoms with E-state index in [-0.39, 0.29) is 5.91 Å². The van der Waals surface area contributed by atoms with Crippen LogP contribution in [0, 0.1) is 5.92 Å². The summed E-state index contributed by atoms with van der Waals surface area (Å²) in [5, 5.41) is 0. The predicted molar refractivity (Wildman–Crippen MR) is 185 cm³/mol. The van der Waals surface area contributed by atoms with Gasteiger partial charge in [-0.05, 0) is 61.0 Å². The molecular formula is C39H49N3O6. The quantitative estimate of drug-likeness (QED) is 0.187. The van der Waals surface area contributed by atoms with Crippen LogP contribution in [0.1, 0.15) is 48.4 Å². The van der Waals surface area contributed by atoms with Crippen LogP contribution in [-0.4, -0.2) is 79.7 Å². The molecular weight excluding hydrogens is 606 g/mol. The molecule has 0 spiro atoms. The van der Waals surface area contributed by atoms with Gasteiger partial charge < -0.3 is 28.7 Å². The van der Waals surface area contributed by atoms with Gasteiger partial charge in [0.05, 0.1) is 25.2 Å². The molecule has 256 valence electrons. The number of unbranched alkanes of at least 4 members (excludes halogenated alkanes) is 1. The molecule has 3 unspecified atom stereocenters. The van der Waals surface area contributed by atoms with E-state index in [0.29, 0.717) is 51.6 Å². The van der Waals surface area contributed by atoms with Crippen LogP contribution in [0.4, 0.5) is 4.79 Å². The Morgan fingerprint density at radius 1 is 0.833 bits per heavy atom. The zero-order chi connectivity index (χ0) is 33.9. The lowest BCUT2D eigenvalue weighted by molar-refractivity contribution is -0.141. The summed E-state index contributed by atoms with van der Waals surface area (Å²) >= 11 is 0. The fourth-order valence-corrected chi connectivity index (χ4v) is 5.93. The van der Waals surface area contributed by atoms with Gasteiger partial charge in [-0.1, -0.05) is 80.1 Å². The van der Waals surface area contributed by atoms with Crippen molar-refractivity contribution in [1.29, 1.82) is 0 Å². The third-order valence-corrected chi connectivity index (χ3v) is 8.79. The Morgan fingerprint density at radius 2 is 1.50 bits per heavy atom. The molecule has 1 aliphatic heterocycles. The standard InChI is InChI=1S/C39H49N3O6/c1-5-6-19-41(4)38(43)34-23-37(48-39(44)42-25-31-17-18-33(22-32(31)26-42)45-21-20-40(2)3)36(47-28-30-15-11-8-12-16-30)24-35(34)46-27-29-13-9-7-10-14-29/h7-18,22-23,34-36H,5-6,19-21,24-28H2,1-4H3. The molecule has 3 aromatic carbocycles. The number of rotatable bonds is 15. The topological polar surface area (TPSA) is 80.8 Å². The molecule has 3 aromatic rings. The monoisotopic (exact) mass is 655 g/mol. The highest BCUT2D eigenvalue weighted by Gasteiger charge is 2.40. The van der Waals surface area contributed by atoms with Crippen molar-refractivity contribution in [2.24, 2.45) is 5.92 Å². The lowest BCUT2D eigenvalue weighted by atomic mass is 9.88. The highest BCUT2D eigenvalue weighted by molar-refractivity contribution is 5.81. The van der Waals surface area contributed by atoms with Crippen molar-refractivity contribution in [3.63, 3.8) is 0 Å². The van der Waals surface area contributed by atoms with Gasteiger partial charge in [0.2, 0.25) is 5.91 Å². The van der Waals surface area contributed by atoms with E-state index in [1.807, 2.05) is 100 Å². The number of amides is 2. The van der Waals surface area contributed by atoms with Crippen LogP contribution >= 0.6 is 0 Å². The molecule has 48 heavy (non-hydrogen) atoms. The van der Waals surface area contributed by atoms with Crippen LogP contribution in [0.5, 0.6) is 5.75 Å². The third kappa shape index (κ3) is 9.69. The van der Waals surface area contributed by atoms with E-state index < -0.39 is 24.2 Å². The summed E-state index contributed by atoms with van der Waals surface area (Å²) in [5.41, 5.74) is 4.11. The van der Waals surface area contributed by atoms with Crippen LogP contribution < -0.4 is 4.74 Å². The van der Waals surface area contributed by atoms with E-state index in [1.165, 1.54) is 0 Å². The van der Waals surface area contributed by atoms with Crippen LogP contribution in [0.25, 0.3) is 0 Å². The van der Waals surface area contributed by atoms with Gasteiger partial charge in [0.1, 0.15) is 24.2 Å². The van der Waals surface area contributed by atoms with E-state index in [2.05, 4.69) is 11.8 Å². The van der Waals surface area contributed by atoms with Gasteiger partial charge in [0.25, 0.3) is 0 Å². The Labute approximate surface area is 285 Å². The Bertz CT molecular complexity index is 1510. The first-order valence-corrected chi connectivity index (χ1v) is 16.9. The Kier molecular flexibility index (Phi) is 12.7. The highest BCUT2D eigenvalue weighted by Crippen LogP contribution is 2.34. The Balaban J connectivity index is 1.35. The minimum atomic E-state index is -0.632. The molecule has 9 heteroatoms. The van der Waals surface area contributed by atoms with Crippen LogP contribution in [0.2, 0.25) is 0 Å². The first-order valence-electron chi connectivity index (χ1n) is 16.9. The van der Waals surface area contributed by atoms with E-state index in [0.717, 1.165) is 47.4 Å². The fraction of sp³-hybridized carbons (Fsp3) is 0.436. The molecule has 3 atom stereocenters. The van der Waals surface area contributed by atoms with E-state index in [9.17, 15) is 9.59 Å². The molecule has 2 amide bonds. The van der Waals surface area contributed by atoms with Crippen LogP contribution in [-0.2, 0) is 45.3 Å². The van der Waals surface area contributed by atoms with Crippen molar-refractivity contribution >= 4 is 12.0 Å². The Hall–Kier alpha value is -4.18. The van der Waals surface area contributed by atoms with E-state index in [1.54, 1.807) is 15.9 Å². The molecule has 1 heterocycles. The normalized spacial score (nSPS) is 18.7. The molecule has 0 aromatic heterocycles. The zero-order valence-corrected chi connectivity index (χ0v) is 28.7. The molecule has 0 radical (unpaired) electrons. The van der Waals surface area contributed by atoms with Crippen LogP contribution in [0.15, 0.2) is 90.7 Å². The number of nitrogens with zero attached hydrogens (tertiary/aromatic N) is 3. The molecule has 9 nitrogen and oxygen atoms in total. The largest absolute Gasteiger partial charge is 0.492 e. The third-order valence-electron chi connectivity index (χ3n) is 8.79. The maximum absolute atomic E-state index is 13.9. The predicted octanol–water partition coefficient (Wildman–Crippen LogP) is 6.41. The first-order chi connectivity index (χ1) is 23.3. The van der Waals surface area contributed by atoms with Gasteiger partial charge in [-0.2, -0.15) is 0 Å². The molecule has 0 saturated carbocycles. The lowest BCUT2D eigenvalue weighted by Gasteiger charge is -2.36. The van der Waals surface area contributed by atoms with Crippen molar-refractivity contribution in [2.75, 3.05) is 40.8 Å². The lowest BCUT2D eigenvalue weighted by Crippen LogP contribution is -2.45. The SMILES string of the molecule is CCCCN(C)C(=O)C1C=C(OC(=O)N2Cc3ccc(OCCN(C)C)cc3C2)C(OCc2ccccc2)CC1OCc1ccccc1. The smallest absolute Gasteiger partial charge is 0.415 e. The number of hydrogen-bond acceptors (Lipinski definition) is 7. The van der Waals surface area contributed by atoms with Crippen molar-refractivity contribution in [1.82, 2.24) is 14.7 Å². The number of carbonyl (C=O) groups is 2. The van der Waals surface area contributed by atoms with Gasteiger partial charge in [0, 0.05) is 39.6 Å². The van der Waals surface area contributed by atoms with Crippen molar-refractivity contribution in [3.05, 3.63) is 113 Å². The summed E-state index contributed by atoms with van der Waals surface area (Å²) in [6, 6.07) is 25.8. The zero-order valence-electron chi connectivity index (χ0n) is 28.7. The average molecular weight is 656 g/mol. The second-order valence-electron chi connectivity index (χ2n) is 12.9. The number of carbonyl (C=O) groups excluding carboxylic acids is 2. The highest BCUT2D eigenvalue weighted by atomic mass is 16.6. The minimum Gasteiger partial charge on any atom is -0.492 e. The van der Waals surface area contributed by atoms with E-state index in [4.69, 9.17) is 18.9 Å². The van der Waals surface area contributed by atoms with Crippen LogP contribution in [0.3, 0.4) is 0 Å². The van der Waals surface area contributed by atoms with Gasteiger partial charge in [-0.15, -0.1) is 0 Å². The molecule has 5 rings (SSSR count). The number of likely N-dealkylation sites (N-methyl/N-ethyl adjacent to an activating group) is 1. The number of fused-ring (bicyclic) bond motifs is 1. The summed E-state index contributed by atoms with van der Waals surface area (Å²) in [6.45, 7) is 5.66.